The van der Waals surface area contributed by atoms with Crippen LogP contribution in [0.5, 0.6) is 0 Å². The summed E-state index contributed by atoms with van der Waals surface area (Å²) < 4.78 is 30.5. The zero-order valence-corrected chi connectivity index (χ0v) is 17.5. The monoisotopic (exact) mass is 403 g/mol. The fourth-order valence-electron chi connectivity index (χ4n) is 2.60. The van der Waals surface area contributed by atoms with Gasteiger partial charge in [0.15, 0.2) is 6.10 Å². The largest absolute Gasteiger partial charge is 0.451 e. The van der Waals surface area contributed by atoms with Gasteiger partial charge in [-0.15, -0.1) is 0 Å². The van der Waals surface area contributed by atoms with Crippen LogP contribution in [0.15, 0.2) is 48.5 Å². The second kappa shape index (κ2) is 8.14. The maximum atomic E-state index is 12.6. The van der Waals surface area contributed by atoms with Gasteiger partial charge in [-0.05, 0) is 30.0 Å². The Balaban J connectivity index is 2.15. The lowest BCUT2D eigenvalue weighted by atomic mass is 9.86. The first-order valence-corrected chi connectivity index (χ1v) is 10.7. The Bertz CT molecular complexity index is 973. The third-order valence-corrected chi connectivity index (χ3v) is 4.72. The van der Waals surface area contributed by atoms with E-state index in [4.69, 9.17) is 4.74 Å². The highest BCUT2D eigenvalue weighted by atomic mass is 32.2. The summed E-state index contributed by atoms with van der Waals surface area (Å²) in [6.45, 7) is 7.73. The highest BCUT2D eigenvalue weighted by molar-refractivity contribution is 7.92. The van der Waals surface area contributed by atoms with Crippen LogP contribution in [0, 0.1) is 0 Å². The Kier molecular flexibility index (Phi) is 6.29. The lowest BCUT2D eigenvalue weighted by molar-refractivity contribution is 0.0320. The van der Waals surface area contributed by atoms with Crippen LogP contribution < -0.4 is 4.72 Å². The van der Waals surface area contributed by atoms with Gasteiger partial charge in [-0.3, -0.25) is 9.52 Å². The lowest BCUT2D eigenvalue weighted by Crippen LogP contribution is -2.25. The normalized spacial score (nSPS) is 12.9. The minimum Gasteiger partial charge on any atom is -0.451 e. The minimum absolute atomic E-state index is 0.0318. The number of rotatable bonds is 6. The molecule has 0 bridgehead atoms. The minimum atomic E-state index is -3.56. The number of nitrogens with one attached hydrogen (secondary N) is 1. The first-order valence-electron chi connectivity index (χ1n) is 8.81. The fourth-order valence-corrected chi connectivity index (χ4v) is 3.17. The molecule has 1 N–H and O–H groups in total. The molecule has 2 aromatic rings. The van der Waals surface area contributed by atoms with Crippen molar-refractivity contribution in [3.63, 3.8) is 0 Å². The van der Waals surface area contributed by atoms with Gasteiger partial charge in [0, 0.05) is 5.56 Å². The molecule has 0 heterocycles. The number of anilines is 1. The van der Waals surface area contributed by atoms with E-state index >= 15 is 0 Å². The van der Waals surface area contributed by atoms with Gasteiger partial charge in [0.25, 0.3) is 0 Å². The van der Waals surface area contributed by atoms with Crippen LogP contribution in [0.3, 0.4) is 0 Å². The van der Waals surface area contributed by atoms with Gasteiger partial charge in [0.1, 0.15) is 0 Å². The summed E-state index contributed by atoms with van der Waals surface area (Å²) in [6, 6.07) is 13.3. The van der Waals surface area contributed by atoms with Gasteiger partial charge in [-0.2, -0.15) is 0 Å². The number of sulfonamides is 1. The molecule has 1 atom stereocenters. The summed E-state index contributed by atoms with van der Waals surface area (Å²) in [5.41, 5.74) is 1.64. The van der Waals surface area contributed by atoms with E-state index in [0.717, 1.165) is 11.8 Å². The molecule has 2 rings (SSSR count). The fraction of sp³-hybridized carbons (Fsp3) is 0.333. The maximum Gasteiger partial charge on any atom is 0.340 e. The summed E-state index contributed by atoms with van der Waals surface area (Å²) in [6.07, 6.45) is -0.0260. The molecule has 0 aromatic heterocycles. The molecule has 150 valence electrons. The van der Waals surface area contributed by atoms with Crippen molar-refractivity contribution in [2.24, 2.45) is 0 Å². The number of Topliss-reactive ketones (excluding diaryl/α,β-unsaturated/α-hetero) is 1. The summed E-state index contributed by atoms with van der Waals surface area (Å²) in [5.74, 6) is -1.11. The number of carbonyl (C=O) groups excluding carboxylic acids is 2. The van der Waals surface area contributed by atoms with Crippen LogP contribution >= 0.6 is 0 Å². The number of hydrogen-bond acceptors (Lipinski definition) is 5. The molecule has 0 saturated carbocycles. The van der Waals surface area contributed by atoms with Crippen LogP contribution in [0.4, 0.5) is 5.69 Å². The van der Waals surface area contributed by atoms with Crippen molar-refractivity contribution < 1.29 is 22.7 Å². The molecule has 0 aliphatic carbocycles. The van der Waals surface area contributed by atoms with Gasteiger partial charge in [0.05, 0.1) is 17.5 Å². The molecule has 6 nitrogen and oxygen atoms in total. The molecular weight excluding hydrogens is 378 g/mol. The van der Waals surface area contributed by atoms with Crippen LogP contribution in [0.25, 0.3) is 0 Å². The zero-order chi connectivity index (χ0) is 21.1. The number of esters is 1. The molecule has 0 amide bonds. The number of benzene rings is 2. The van der Waals surface area contributed by atoms with Crippen molar-refractivity contribution in [3.05, 3.63) is 65.2 Å². The van der Waals surface area contributed by atoms with Gasteiger partial charge < -0.3 is 4.74 Å². The highest BCUT2D eigenvalue weighted by Gasteiger charge is 2.23. The standard InChI is InChI=1S/C21H25NO5S/c1-14(19(23)15-10-12-16(13-11-15)21(2,3)4)27-20(24)17-8-6-7-9-18(17)22-28(5,25)26/h6-14,22H,1-5H3/t14-/m1/s1. The van der Waals surface area contributed by atoms with Crippen molar-refractivity contribution in [1.82, 2.24) is 0 Å². The molecule has 0 saturated heterocycles. The smallest absolute Gasteiger partial charge is 0.340 e. The lowest BCUT2D eigenvalue weighted by Gasteiger charge is -2.19. The quantitative estimate of drug-likeness (QED) is 0.586. The second-order valence-electron chi connectivity index (χ2n) is 7.66. The van der Waals surface area contributed by atoms with E-state index < -0.39 is 22.1 Å². The molecule has 0 aliphatic rings. The van der Waals surface area contributed by atoms with E-state index in [1.807, 2.05) is 12.1 Å². The topological polar surface area (TPSA) is 89.5 Å². The number of carbonyl (C=O) groups is 2. The number of ether oxygens (including phenoxy) is 1. The van der Waals surface area contributed by atoms with Crippen molar-refractivity contribution >= 4 is 27.5 Å². The Labute approximate surface area is 166 Å². The van der Waals surface area contributed by atoms with Crippen LogP contribution in [-0.2, 0) is 20.2 Å². The third kappa shape index (κ3) is 5.66. The predicted octanol–water partition coefficient (Wildman–Crippen LogP) is 3.78. The van der Waals surface area contributed by atoms with E-state index in [9.17, 15) is 18.0 Å². The zero-order valence-electron chi connectivity index (χ0n) is 16.6. The summed E-state index contributed by atoms with van der Waals surface area (Å²) in [5, 5.41) is 0. The van der Waals surface area contributed by atoms with E-state index in [1.54, 1.807) is 24.3 Å². The van der Waals surface area contributed by atoms with E-state index in [0.29, 0.717) is 5.56 Å². The SMILES string of the molecule is C[C@@H](OC(=O)c1ccccc1NS(C)(=O)=O)C(=O)c1ccc(C(C)(C)C)cc1. The van der Waals surface area contributed by atoms with Gasteiger partial charge in [-0.25, -0.2) is 13.2 Å². The van der Waals surface area contributed by atoms with Gasteiger partial charge in [0.2, 0.25) is 15.8 Å². The number of ketones is 1. The molecule has 2 aromatic carbocycles. The molecular formula is C21H25NO5S. The van der Waals surface area contributed by atoms with Gasteiger partial charge >= 0.3 is 5.97 Å². The Morgan fingerprint density at radius 1 is 1.00 bits per heavy atom. The van der Waals surface area contributed by atoms with Crippen molar-refractivity contribution in [1.29, 1.82) is 0 Å². The molecule has 0 unspecified atom stereocenters. The number of hydrogen-bond donors (Lipinski definition) is 1. The second-order valence-corrected chi connectivity index (χ2v) is 9.41. The molecule has 7 heteroatoms. The van der Waals surface area contributed by atoms with Crippen molar-refractivity contribution in [3.8, 4) is 0 Å². The van der Waals surface area contributed by atoms with Crippen molar-refractivity contribution in [2.45, 2.75) is 39.2 Å². The Morgan fingerprint density at radius 3 is 2.11 bits per heavy atom. The molecule has 0 aliphatic heterocycles. The Morgan fingerprint density at radius 2 is 1.57 bits per heavy atom. The summed E-state index contributed by atoms with van der Waals surface area (Å²) in [7, 11) is -3.56. The van der Waals surface area contributed by atoms with Crippen LogP contribution in [0.2, 0.25) is 0 Å². The average molecular weight is 404 g/mol. The first-order chi connectivity index (χ1) is 12.9. The Hall–Kier alpha value is -2.67. The van der Waals surface area contributed by atoms with E-state index in [1.165, 1.54) is 19.1 Å². The van der Waals surface area contributed by atoms with E-state index in [2.05, 4.69) is 25.5 Å². The molecule has 0 radical (unpaired) electrons. The highest BCUT2D eigenvalue weighted by Crippen LogP contribution is 2.23. The summed E-state index contributed by atoms with van der Waals surface area (Å²) in [4.78, 5) is 25.1. The molecule has 28 heavy (non-hydrogen) atoms. The predicted molar refractivity (Wildman–Crippen MR) is 109 cm³/mol. The molecule has 0 spiro atoms. The number of para-hydroxylation sites is 1. The summed E-state index contributed by atoms with van der Waals surface area (Å²) >= 11 is 0. The average Bonchev–Trinajstić information content (AvgIpc) is 2.59. The van der Waals surface area contributed by atoms with Crippen LogP contribution in [0.1, 0.15) is 54.0 Å². The van der Waals surface area contributed by atoms with Crippen LogP contribution in [-0.4, -0.2) is 32.5 Å². The first kappa shape index (κ1) is 21.6. The van der Waals surface area contributed by atoms with E-state index in [-0.39, 0.29) is 22.4 Å². The van der Waals surface area contributed by atoms with Gasteiger partial charge in [-0.1, -0.05) is 57.2 Å². The van der Waals surface area contributed by atoms with Crippen molar-refractivity contribution in [2.75, 3.05) is 11.0 Å². The third-order valence-electron chi connectivity index (χ3n) is 4.13. The molecule has 0 fully saturated rings. The maximum absolute atomic E-state index is 12.6.